The number of hydrogen-bond donors (Lipinski definition) is 1. The summed E-state index contributed by atoms with van der Waals surface area (Å²) in [5.74, 6) is -2.42. The van der Waals surface area contributed by atoms with Gasteiger partial charge in [0.25, 0.3) is 0 Å². The van der Waals surface area contributed by atoms with Crippen LogP contribution < -0.4 is 0 Å². The van der Waals surface area contributed by atoms with Crippen LogP contribution in [0.15, 0.2) is 36.9 Å². The molecular formula is C13H12O6. The van der Waals surface area contributed by atoms with Gasteiger partial charge >= 0.3 is 17.9 Å². The average molecular weight is 264 g/mol. The van der Waals surface area contributed by atoms with Gasteiger partial charge in [-0.15, -0.1) is 0 Å². The minimum Gasteiger partial charge on any atom is -0.478 e. The highest BCUT2D eigenvalue weighted by Crippen LogP contribution is 2.06. The third kappa shape index (κ3) is 4.63. The van der Waals surface area contributed by atoms with Crippen molar-refractivity contribution < 1.29 is 29.0 Å². The van der Waals surface area contributed by atoms with Crippen molar-refractivity contribution in [1.29, 1.82) is 0 Å². The molecule has 0 aliphatic rings. The van der Waals surface area contributed by atoms with Crippen LogP contribution in [0.25, 0.3) is 0 Å². The zero-order valence-electron chi connectivity index (χ0n) is 10.00. The Labute approximate surface area is 109 Å². The topological polar surface area (TPSA) is 89.9 Å². The Hall–Kier alpha value is -2.63. The molecular weight excluding hydrogens is 252 g/mol. The number of benzene rings is 1. The summed E-state index contributed by atoms with van der Waals surface area (Å²) in [7, 11) is 0. The van der Waals surface area contributed by atoms with Crippen LogP contribution in [0.4, 0.5) is 0 Å². The second-order valence-electron chi connectivity index (χ2n) is 3.39. The van der Waals surface area contributed by atoms with Gasteiger partial charge in [0.05, 0.1) is 11.1 Å². The Kier molecular flexibility index (Phi) is 5.28. The summed E-state index contributed by atoms with van der Waals surface area (Å²) in [6.07, 6.45) is 0.998. The van der Waals surface area contributed by atoms with Crippen molar-refractivity contribution in [2.75, 3.05) is 13.2 Å². The highest BCUT2D eigenvalue weighted by atomic mass is 16.6. The maximum atomic E-state index is 11.6. The molecule has 0 aliphatic carbocycles. The minimum absolute atomic E-state index is 0.00691. The summed E-state index contributed by atoms with van der Waals surface area (Å²) in [5, 5.41) is 8.77. The van der Waals surface area contributed by atoms with Crippen LogP contribution in [0.2, 0.25) is 0 Å². The molecule has 0 unspecified atom stereocenters. The van der Waals surface area contributed by atoms with Gasteiger partial charge in [0, 0.05) is 6.08 Å². The number of carbonyl (C=O) groups is 3. The summed E-state index contributed by atoms with van der Waals surface area (Å²) in [6.45, 7) is 3.01. The summed E-state index contributed by atoms with van der Waals surface area (Å²) < 4.78 is 9.43. The van der Waals surface area contributed by atoms with E-state index in [2.05, 4.69) is 11.3 Å². The molecule has 1 rings (SSSR count). The van der Waals surface area contributed by atoms with Gasteiger partial charge in [-0.3, -0.25) is 0 Å². The molecule has 0 aromatic heterocycles. The number of carboxylic acids is 1. The quantitative estimate of drug-likeness (QED) is 0.472. The summed E-state index contributed by atoms with van der Waals surface area (Å²) in [5.41, 5.74) is 0.113. The normalized spacial score (nSPS) is 9.47. The number of hydrogen-bond acceptors (Lipinski definition) is 5. The molecule has 1 aromatic carbocycles. The Morgan fingerprint density at radius 3 is 2.42 bits per heavy atom. The van der Waals surface area contributed by atoms with E-state index in [0.717, 1.165) is 6.08 Å². The van der Waals surface area contributed by atoms with E-state index in [9.17, 15) is 14.4 Å². The lowest BCUT2D eigenvalue weighted by Crippen LogP contribution is -2.13. The predicted octanol–water partition coefficient (Wildman–Crippen LogP) is 1.27. The van der Waals surface area contributed by atoms with Crippen molar-refractivity contribution in [1.82, 2.24) is 0 Å². The third-order valence-electron chi connectivity index (χ3n) is 2.07. The SMILES string of the molecule is C=CC(=O)OCCOC(=O)c1cccc(C(=O)O)c1. The van der Waals surface area contributed by atoms with Crippen LogP contribution in [-0.4, -0.2) is 36.2 Å². The number of ether oxygens (including phenoxy) is 2. The first kappa shape index (κ1) is 14.4. The molecule has 19 heavy (non-hydrogen) atoms. The molecule has 0 bridgehead atoms. The maximum absolute atomic E-state index is 11.6. The van der Waals surface area contributed by atoms with E-state index in [-0.39, 0.29) is 24.3 Å². The molecule has 1 aromatic rings. The lowest BCUT2D eigenvalue weighted by molar-refractivity contribution is -0.138. The van der Waals surface area contributed by atoms with E-state index in [4.69, 9.17) is 9.84 Å². The van der Waals surface area contributed by atoms with E-state index in [1.54, 1.807) is 0 Å². The van der Waals surface area contributed by atoms with Crippen molar-refractivity contribution >= 4 is 17.9 Å². The smallest absolute Gasteiger partial charge is 0.338 e. The lowest BCUT2D eigenvalue weighted by Gasteiger charge is -2.05. The Bertz CT molecular complexity index is 506. The summed E-state index contributed by atoms with van der Waals surface area (Å²) in [6, 6.07) is 5.45. The van der Waals surface area contributed by atoms with Crippen molar-refractivity contribution in [3.63, 3.8) is 0 Å². The van der Waals surface area contributed by atoms with Gasteiger partial charge in [-0.25, -0.2) is 14.4 Å². The molecule has 0 radical (unpaired) electrons. The zero-order chi connectivity index (χ0) is 14.3. The molecule has 0 aliphatic heterocycles. The fraction of sp³-hybridized carbons (Fsp3) is 0.154. The highest BCUT2D eigenvalue weighted by Gasteiger charge is 2.10. The molecule has 0 fully saturated rings. The van der Waals surface area contributed by atoms with Gasteiger partial charge in [-0.1, -0.05) is 12.6 Å². The molecule has 0 spiro atoms. The first-order valence-corrected chi connectivity index (χ1v) is 5.34. The van der Waals surface area contributed by atoms with Gasteiger partial charge in [-0.05, 0) is 18.2 Å². The fourth-order valence-corrected chi connectivity index (χ4v) is 1.20. The largest absolute Gasteiger partial charge is 0.478 e. The van der Waals surface area contributed by atoms with Gasteiger partial charge in [0.1, 0.15) is 13.2 Å². The van der Waals surface area contributed by atoms with Crippen molar-refractivity contribution in [2.45, 2.75) is 0 Å². The Balaban J connectivity index is 2.49. The van der Waals surface area contributed by atoms with Crippen LogP contribution in [0.5, 0.6) is 0 Å². The zero-order valence-corrected chi connectivity index (χ0v) is 10.00. The van der Waals surface area contributed by atoms with Crippen molar-refractivity contribution in [3.05, 3.63) is 48.0 Å². The number of esters is 2. The van der Waals surface area contributed by atoms with Crippen molar-refractivity contribution in [3.8, 4) is 0 Å². The summed E-state index contributed by atoms with van der Waals surface area (Å²) in [4.78, 5) is 33.0. The number of carbonyl (C=O) groups excluding carboxylic acids is 2. The standard InChI is InChI=1S/C13H12O6/c1-2-11(14)18-6-7-19-13(17)10-5-3-4-9(8-10)12(15)16/h2-5,8H,1,6-7H2,(H,15,16). The molecule has 6 heteroatoms. The van der Waals surface area contributed by atoms with Gasteiger partial charge < -0.3 is 14.6 Å². The highest BCUT2D eigenvalue weighted by molar-refractivity contribution is 5.94. The van der Waals surface area contributed by atoms with E-state index in [1.807, 2.05) is 0 Å². The van der Waals surface area contributed by atoms with E-state index < -0.39 is 17.9 Å². The Morgan fingerprint density at radius 1 is 1.16 bits per heavy atom. The molecule has 0 saturated carbocycles. The van der Waals surface area contributed by atoms with E-state index in [0.29, 0.717) is 0 Å². The Morgan fingerprint density at radius 2 is 1.79 bits per heavy atom. The van der Waals surface area contributed by atoms with Gasteiger partial charge in [0.2, 0.25) is 0 Å². The second kappa shape index (κ2) is 6.95. The molecule has 1 N–H and O–H groups in total. The fourth-order valence-electron chi connectivity index (χ4n) is 1.20. The maximum Gasteiger partial charge on any atom is 0.338 e. The average Bonchev–Trinajstić information content (AvgIpc) is 2.43. The van der Waals surface area contributed by atoms with Gasteiger partial charge in [-0.2, -0.15) is 0 Å². The molecule has 0 atom stereocenters. The molecule has 6 nitrogen and oxygen atoms in total. The number of aromatic carboxylic acids is 1. The molecule has 0 heterocycles. The van der Waals surface area contributed by atoms with Crippen LogP contribution >= 0.6 is 0 Å². The van der Waals surface area contributed by atoms with E-state index in [1.165, 1.54) is 24.3 Å². The monoisotopic (exact) mass is 264 g/mol. The number of rotatable bonds is 6. The third-order valence-corrected chi connectivity index (χ3v) is 2.07. The van der Waals surface area contributed by atoms with Gasteiger partial charge in [0.15, 0.2) is 0 Å². The van der Waals surface area contributed by atoms with Crippen LogP contribution in [-0.2, 0) is 14.3 Å². The minimum atomic E-state index is -1.13. The van der Waals surface area contributed by atoms with Crippen LogP contribution in [0.3, 0.4) is 0 Å². The summed E-state index contributed by atoms with van der Waals surface area (Å²) >= 11 is 0. The lowest BCUT2D eigenvalue weighted by atomic mass is 10.1. The predicted molar refractivity (Wildman–Crippen MR) is 64.8 cm³/mol. The van der Waals surface area contributed by atoms with Crippen LogP contribution in [0.1, 0.15) is 20.7 Å². The second-order valence-corrected chi connectivity index (χ2v) is 3.39. The molecule has 100 valence electrons. The first-order valence-electron chi connectivity index (χ1n) is 5.34. The molecule has 0 amide bonds. The molecule has 0 saturated heterocycles. The number of carboxylic acid groups (broad SMARTS) is 1. The van der Waals surface area contributed by atoms with Crippen LogP contribution in [0, 0.1) is 0 Å². The van der Waals surface area contributed by atoms with E-state index >= 15 is 0 Å². The van der Waals surface area contributed by atoms with Crippen molar-refractivity contribution in [2.24, 2.45) is 0 Å². The first-order chi connectivity index (χ1) is 9.04.